The van der Waals surface area contributed by atoms with Crippen LogP contribution in [0, 0.1) is 6.92 Å². The third-order valence-electron chi connectivity index (χ3n) is 5.28. The van der Waals surface area contributed by atoms with Crippen LogP contribution in [0.15, 0.2) is 29.6 Å². The van der Waals surface area contributed by atoms with Gasteiger partial charge in [-0.3, -0.25) is 14.6 Å². The molecule has 5 rings (SSSR count). The quantitative estimate of drug-likeness (QED) is 0.340. The Morgan fingerprint density at radius 3 is 2.63 bits per heavy atom. The van der Waals surface area contributed by atoms with Crippen LogP contribution in [0.3, 0.4) is 0 Å². The highest BCUT2D eigenvalue weighted by Gasteiger charge is 2.36. The van der Waals surface area contributed by atoms with Gasteiger partial charge in [0.05, 0.1) is 11.4 Å². The maximum atomic E-state index is 12.6. The summed E-state index contributed by atoms with van der Waals surface area (Å²) in [4.78, 5) is 40.6. The molecule has 3 amide bonds. The molecule has 0 atom stereocenters. The molecule has 0 bridgehead atoms. The lowest BCUT2D eigenvalue weighted by atomic mass is 10.1. The number of halogens is 1. The number of nitrogens with zero attached hydrogens (tertiary/aromatic N) is 6. The zero-order valence-electron chi connectivity index (χ0n) is 16.5. The molecule has 3 aromatic rings. The lowest BCUT2D eigenvalue weighted by Gasteiger charge is -2.17. The van der Waals surface area contributed by atoms with Gasteiger partial charge in [-0.05, 0) is 37.3 Å². The Bertz CT molecular complexity index is 1170. The number of anilines is 1. The minimum Gasteiger partial charge on any atom is -0.305 e. The lowest BCUT2D eigenvalue weighted by Crippen LogP contribution is -2.30. The summed E-state index contributed by atoms with van der Waals surface area (Å²) < 4.78 is 1.97. The van der Waals surface area contributed by atoms with Gasteiger partial charge in [-0.15, -0.1) is 0 Å². The van der Waals surface area contributed by atoms with Crippen LogP contribution in [0.2, 0.25) is 5.15 Å². The minimum absolute atomic E-state index is 0.0365. The maximum Gasteiger partial charge on any atom is 0.331 e. The molecule has 1 saturated heterocycles. The van der Waals surface area contributed by atoms with Crippen molar-refractivity contribution in [2.45, 2.75) is 36.5 Å². The average Bonchev–Trinajstić information content (AvgIpc) is 3.42. The van der Waals surface area contributed by atoms with E-state index in [0.29, 0.717) is 34.0 Å². The first-order valence-electron chi connectivity index (χ1n) is 9.62. The number of imide groups is 1. The molecule has 3 aromatic heterocycles. The highest BCUT2D eigenvalue weighted by molar-refractivity contribution is 7.98. The van der Waals surface area contributed by atoms with Gasteiger partial charge in [0.25, 0.3) is 0 Å². The van der Waals surface area contributed by atoms with E-state index >= 15 is 0 Å². The molecule has 2 aliphatic rings. The number of hydrogen-bond donors (Lipinski definition) is 0. The highest BCUT2D eigenvalue weighted by atomic mass is 35.5. The maximum absolute atomic E-state index is 12.6. The molecule has 154 valence electrons. The van der Waals surface area contributed by atoms with Crippen molar-refractivity contribution >= 4 is 46.6 Å². The number of carbonyl (C=O) groups is 2. The third-order valence-corrected chi connectivity index (χ3v) is 6.42. The summed E-state index contributed by atoms with van der Waals surface area (Å²) in [6.07, 6.45) is 6.33. The fraction of sp³-hybridized carbons (Fsp3) is 0.350. The minimum atomic E-state index is -0.320. The molecule has 1 saturated carbocycles. The number of amides is 3. The standard InChI is InChI=1S/C20H19ClN6O2S/c1-11-22-16(21)6-17(23-11)30-10-14-8-26-7-13(12-3-4-12)5-15(19(26)24-14)27-9-18(28)25(2)20(27)29/h5-8,12H,3-4,9-10H2,1-2H3. The average molecular weight is 443 g/mol. The fourth-order valence-corrected chi connectivity index (χ4v) is 4.69. The van der Waals surface area contributed by atoms with Crippen molar-refractivity contribution in [1.29, 1.82) is 0 Å². The third kappa shape index (κ3) is 3.52. The van der Waals surface area contributed by atoms with Crippen molar-refractivity contribution in [2.24, 2.45) is 0 Å². The van der Waals surface area contributed by atoms with Crippen molar-refractivity contribution in [1.82, 2.24) is 24.3 Å². The lowest BCUT2D eigenvalue weighted by molar-refractivity contribution is -0.123. The topological polar surface area (TPSA) is 83.7 Å². The molecule has 0 unspecified atom stereocenters. The SMILES string of the molecule is Cc1nc(Cl)cc(SCc2cn3cc(C4CC4)cc(N4CC(=O)N(C)C4=O)c3n2)n1. The zero-order valence-corrected chi connectivity index (χ0v) is 18.1. The Hall–Kier alpha value is -2.65. The first kappa shape index (κ1) is 19.3. The molecule has 0 radical (unpaired) electrons. The fourth-order valence-electron chi connectivity index (χ4n) is 3.57. The number of rotatable bonds is 5. The summed E-state index contributed by atoms with van der Waals surface area (Å²) in [7, 11) is 1.51. The Labute approximate surface area is 182 Å². The summed E-state index contributed by atoms with van der Waals surface area (Å²) in [5, 5.41) is 1.20. The largest absolute Gasteiger partial charge is 0.331 e. The summed E-state index contributed by atoms with van der Waals surface area (Å²) >= 11 is 7.55. The Morgan fingerprint density at radius 1 is 1.17 bits per heavy atom. The molecule has 2 fully saturated rings. The zero-order chi connectivity index (χ0) is 21.0. The number of imidazole rings is 1. The number of aryl methyl sites for hydroxylation is 1. The van der Waals surface area contributed by atoms with Gasteiger partial charge in [-0.25, -0.2) is 19.7 Å². The van der Waals surface area contributed by atoms with Gasteiger partial charge in [0, 0.05) is 31.3 Å². The van der Waals surface area contributed by atoms with Crippen molar-refractivity contribution in [2.75, 3.05) is 18.5 Å². The molecule has 0 aromatic carbocycles. The molecule has 1 aliphatic carbocycles. The van der Waals surface area contributed by atoms with Gasteiger partial charge in [0.1, 0.15) is 22.5 Å². The van der Waals surface area contributed by atoms with E-state index < -0.39 is 0 Å². The van der Waals surface area contributed by atoms with E-state index in [4.69, 9.17) is 16.6 Å². The number of aromatic nitrogens is 4. The van der Waals surface area contributed by atoms with Crippen LogP contribution in [0.25, 0.3) is 5.65 Å². The second-order valence-electron chi connectivity index (χ2n) is 7.58. The Morgan fingerprint density at radius 2 is 1.97 bits per heavy atom. The second kappa shape index (κ2) is 7.24. The van der Waals surface area contributed by atoms with E-state index in [1.807, 2.05) is 16.7 Å². The molecular formula is C20H19ClN6O2S. The molecule has 0 spiro atoms. The Kier molecular flexibility index (Phi) is 4.67. The van der Waals surface area contributed by atoms with Crippen molar-refractivity contribution < 1.29 is 9.59 Å². The van der Waals surface area contributed by atoms with Crippen LogP contribution in [0.4, 0.5) is 10.5 Å². The summed E-state index contributed by atoms with van der Waals surface area (Å²) in [6.45, 7) is 1.84. The summed E-state index contributed by atoms with van der Waals surface area (Å²) in [5.41, 5.74) is 3.37. The van der Waals surface area contributed by atoms with Crippen LogP contribution in [-0.4, -0.2) is 49.8 Å². The smallest absolute Gasteiger partial charge is 0.305 e. The molecule has 10 heteroatoms. The van der Waals surface area contributed by atoms with Crippen LogP contribution in [0.1, 0.15) is 35.8 Å². The number of likely N-dealkylation sites (N-methyl/N-ethyl adjacent to an activating group) is 1. The molecule has 4 heterocycles. The number of fused-ring (bicyclic) bond motifs is 1. The highest BCUT2D eigenvalue weighted by Crippen LogP contribution is 2.42. The van der Waals surface area contributed by atoms with Crippen LogP contribution in [0.5, 0.6) is 0 Å². The van der Waals surface area contributed by atoms with Gasteiger partial charge < -0.3 is 4.40 Å². The Balaban J connectivity index is 1.50. The molecule has 8 nitrogen and oxygen atoms in total. The molecule has 0 N–H and O–H groups in total. The van der Waals surface area contributed by atoms with Gasteiger partial charge in [-0.1, -0.05) is 23.4 Å². The normalized spacial score (nSPS) is 16.9. The predicted octanol–water partition coefficient (Wildman–Crippen LogP) is 3.65. The van der Waals surface area contributed by atoms with E-state index in [9.17, 15) is 9.59 Å². The number of hydrogen-bond acceptors (Lipinski definition) is 6. The second-order valence-corrected chi connectivity index (χ2v) is 8.97. The van der Waals surface area contributed by atoms with E-state index in [1.165, 1.54) is 29.3 Å². The molecule has 1 aliphatic heterocycles. The first-order valence-corrected chi connectivity index (χ1v) is 11.0. The van der Waals surface area contributed by atoms with Gasteiger partial charge >= 0.3 is 6.03 Å². The summed E-state index contributed by atoms with van der Waals surface area (Å²) in [5.74, 6) is 1.51. The van der Waals surface area contributed by atoms with E-state index in [0.717, 1.165) is 28.5 Å². The van der Waals surface area contributed by atoms with Crippen LogP contribution < -0.4 is 4.90 Å². The number of urea groups is 1. The summed E-state index contributed by atoms with van der Waals surface area (Å²) in [6, 6.07) is 3.42. The van der Waals surface area contributed by atoms with Gasteiger partial charge in [0.2, 0.25) is 5.91 Å². The van der Waals surface area contributed by atoms with Crippen molar-refractivity contribution in [3.05, 3.63) is 46.8 Å². The van der Waals surface area contributed by atoms with E-state index in [-0.39, 0.29) is 18.5 Å². The van der Waals surface area contributed by atoms with Crippen LogP contribution in [-0.2, 0) is 10.5 Å². The van der Waals surface area contributed by atoms with Gasteiger partial charge in [-0.2, -0.15) is 0 Å². The van der Waals surface area contributed by atoms with E-state index in [1.54, 1.807) is 13.0 Å². The number of pyridine rings is 1. The number of carbonyl (C=O) groups excluding carboxylic acids is 2. The van der Waals surface area contributed by atoms with Crippen molar-refractivity contribution in [3.63, 3.8) is 0 Å². The molecular weight excluding hydrogens is 424 g/mol. The van der Waals surface area contributed by atoms with Gasteiger partial charge in [0.15, 0.2) is 5.65 Å². The molecule has 30 heavy (non-hydrogen) atoms. The predicted molar refractivity (Wildman–Crippen MR) is 114 cm³/mol. The van der Waals surface area contributed by atoms with Crippen molar-refractivity contribution in [3.8, 4) is 0 Å². The first-order chi connectivity index (χ1) is 14.4. The van der Waals surface area contributed by atoms with E-state index in [2.05, 4.69) is 16.2 Å². The van der Waals surface area contributed by atoms with Crippen LogP contribution >= 0.6 is 23.4 Å². The number of thioether (sulfide) groups is 1. The monoisotopic (exact) mass is 442 g/mol.